The quantitative estimate of drug-likeness (QED) is 0.849. The monoisotopic (exact) mass is 354 g/mol. The van der Waals surface area contributed by atoms with E-state index in [0.717, 1.165) is 42.1 Å². The zero-order valence-electron chi connectivity index (χ0n) is 12.5. The summed E-state index contributed by atoms with van der Waals surface area (Å²) in [7, 11) is 0. The van der Waals surface area contributed by atoms with E-state index in [1.165, 1.54) is 32.1 Å². The molecule has 1 saturated heterocycles. The number of anilines is 1. The molecule has 0 aromatic heterocycles. The summed E-state index contributed by atoms with van der Waals surface area (Å²) >= 11 is 3.47. The number of rotatable bonds is 2. The van der Waals surface area contributed by atoms with Gasteiger partial charge in [-0.25, -0.2) is 4.39 Å². The van der Waals surface area contributed by atoms with E-state index in [1.54, 1.807) is 12.1 Å². The third-order valence-corrected chi connectivity index (χ3v) is 5.39. The van der Waals surface area contributed by atoms with Crippen LogP contribution in [0.3, 0.4) is 0 Å². The predicted molar refractivity (Wildman–Crippen MR) is 89.3 cm³/mol. The molecule has 1 aromatic rings. The molecule has 0 spiro atoms. The Morgan fingerprint density at radius 1 is 1.14 bits per heavy atom. The minimum absolute atomic E-state index is 0.109. The zero-order chi connectivity index (χ0) is 14.7. The van der Waals surface area contributed by atoms with Gasteiger partial charge < -0.3 is 10.2 Å². The second-order valence-corrected chi connectivity index (χ2v) is 7.27. The van der Waals surface area contributed by atoms with Crippen molar-refractivity contribution >= 4 is 21.6 Å². The molecule has 3 rings (SSSR count). The number of benzene rings is 1. The molecule has 1 saturated carbocycles. The molecule has 0 bridgehead atoms. The molecule has 0 amide bonds. The van der Waals surface area contributed by atoms with E-state index in [2.05, 4.69) is 26.1 Å². The van der Waals surface area contributed by atoms with Gasteiger partial charge in [0.05, 0.1) is 5.69 Å². The van der Waals surface area contributed by atoms with Crippen LogP contribution in [0.1, 0.15) is 38.5 Å². The van der Waals surface area contributed by atoms with Crippen LogP contribution in [0.5, 0.6) is 0 Å². The highest BCUT2D eigenvalue weighted by Gasteiger charge is 2.27. The van der Waals surface area contributed by atoms with E-state index in [0.29, 0.717) is 6.04 Å². The van der Waals surface area contributed by atoms with Crippen LogP contribution < -0.4 is 10.2 Å². The molecule has 2 fully saturated rings. The Balaban J connectivity index is 1.76. The maximum atomic E-state index is 14.2. The maximum Gasteiger partial charge on any atom is 0.146 e. The average molecular weight is 355 g/mol. The third-order valence-electron chi connectivity index (χ3n) is 4.90. The highest BCUT2D eigenvalue weighted by Crippen LogP contribution is 2.30. The molecule has 116 valence electrons. The molecule has 21 heavy (non-hydrogen) atoms. The molecule has 1 unspecified atom stereocenters. The van der Waals surface area contributed by atoms with Gasteiger partial charge in [0, 0.05) is 23.6 Å². The fraction of sp³-hybridized carbons (Fsp3) is 0.647. The number of nitrogens with one attached hydrogen (secondary N) is 1. The number of hydrogen-bond donors (Lipinski definition) is 1. The summed E-state index contributed by atoms with van der Waals surface area (Å²) < 4.78 is 15.1. The second kappa shape index (κ2) is 7.10. The Labute approximate surface area is 135 Å². The van der Waals surface area contributed by atoms with Gasteiger partial charge in [-0.1, -0.05) is 35.2 Å². The molecule has 2 aliphatic rings. The Kier molecular flexibility index (Phi) is 5.17. The van der Waals surface area contributed by atoms with Crippen molar-refractivity contribution in [3.05, 3.63) is 28.5 Å². The van der Waals surface area contributed by atoms with Gasteiger partial charge in [0.25, 0.3) is 0 Å². The lowest BCUT2D eigenvalue weighted by Crippen LogP contribution is -2.44. The zero-order valence-corrected chi connectivity index (χ0v) is 14.0. The van der Waals surface area contributed by atoms with Crippen molar-refractivity contribution in [3.8, 4) is 0 Å². The van der Waals surface area contributed by atoms with E-state index in [-0.39, 0.29) is 5.82 Å². The molecule has 0 radical (unpaired) electrons. The topological polar surface area (TPSA) is 15.3 Å². The van der Waals surface area contributed by atoms with Gasteiger partial charge in [-0.15, -0.1) is 0 Å². The molecule has 1 aliphatic heterocycles. The van der Waals surface area contributed by atoms with E-state index < -0.39 is 0 Å². The van der Waals surface area contributed by atoms with Gasteiger partial charge in [0.15, 0.2) is 0 Å². The maximum absolute atomic E-state index is 14.2. The van der Waals surface area contributed by atoms with Gasteiger partial charge in [0.1, 0.15) is 5.82 Å². The Bertz CT molecular complexity index is 474. The summed E-state index contributed by atoms with van der Waals surface area (Å²) in [6.45, 7) is 2.91. The van der Waals surface area contributed by atoms with Crippen molar-refractivity contribution in [2.75, 3.05) is 24.5 Å². The minimum atomic E-state index is -0.109. The van der Waals surface area contributed by atoms with Gasteiger partial charge in [-0.2, -0.15) is 0 Å². The smallest absolute Gasteiger partial charge is 0.146 e. The molecule has 1 N–H and O–H groups in total. The first-order chi connectivity index (χ1) is 10.2. The van der Waals surface area contributed by atoms with E-state index in [1.807, 2.05) is 6.07 Å². The lowest BCUT2D eigenvalue weighted by molar-refractivity contribution is 0.277. The lowest BCUT2D eigenvalue weighted by Gasteiger charge is -2.33. The summed E-state index contributed by atoms with van der Waals surface area (Å²) in [4.78, 5) is 2.24. The summed E-state index contributed by atoms with van der Waals surface area (Å²) in [5.41, 5.74) is 0.744. The molecule has 1 atom stereocenters. The van der Waals surface area contributed by atoms with Crippen molar-refractivity contribution in [2.24, 2.45) is 5.92 Å². The van der Waals surface area contributed by atoms with Crippen molar-refractivity contribution in [1.82, 2.24) is 5.32 Å². The predicted octanol–water partition coefficient (Wildman–Crippen LogP) is 4.34. The van der Waals surface area contributed by atoms with Gasteiger partial charge >= 0.3 is 0 Å². The number of halogens is 2. The molecule has 1 aliphatic carbocycles. The number of hydrogen-bond acceptors (Lipinski definition) is 2. The normalized spacial score (nSPS) is 24.9. The Hall–Kier alpha value is -0.610. The minimum Gasteiger partial charge on any atom is -0.368 e. The highest BCUT2D eigenvalue weighted by atomic mass is 79.9. The first kappa shape index (κ1) is 15.3. The molecule has 2 nitrogen and oxygen atoms in total. The molecule has 1 heterocycles. The van der Waals surface area contributed by atoms with Crippen LogP contribution in [0.15, 0.2) is 22.7 Å². The fourth-order valence-corrected chi connectivity index (χ4v) is 4.10. The van der Waals surface area contributed by atoms with E-state index >= 15 is 0 Å². The average Bonchev–Trinajstić information content (AvgIpc) is 2.76. The number of nitrogens with zero attached hydrogens (tertiary/aromatic N) is 1. The van der Waals surface area contributed by atoms with Crippen LogP contribution in [0.25, 0.3) is 0 Å². The largest absolute Gasteiger partial charge is 0.368 e. The van der Waals surface area contributed by atoms with Crippen molar-refractivity contribution in [3.63, 3.8) is 0 Å². The van der Waals surface area contributed by atoms with Crippen LogP contribution in [0.4, 0.5) is 10.1 Å². The first-order valence-corrected chi connectivity index (χ1v) is 8.97. The van der Waals surface area contributed by atoms with Gasteiger partial charge in [-0.3, -0.25) is 0 Å². The van der Waals surface area contributed by atoms with Gasteiger partial charge in [0.2, 0.25) is 0 Å². The lowest BCUT2D eigenvalue weighted by atomic mass is 9.83. The van der Waals surface area contributed by atoms with Crippen LogP contribution >= 0.6 is 15.9 Å². The third kappa shape index (κ3) is 3.78. The summed E-state index contributed by atoms with van der Waals surface area (Å²) in [5.74, 6) is 0.650. The standard InChI is InChI=1S/C17H24BrFN2/c18-14-7-8-15(19)17(11-14)21-10-4-9-20-16(12-21)13-5-2-1-3-6-13/h7-8,11,13,16,20H,1-6,9-10,12H2. The van der Waals surface area contributed by atoms with E-state index in [9.17, 15) is 4.39 Å². The van der Waals surface area contributed by atoms with Crippen molar-refractivity contribution in [1.29, 1.82) is 0 Å². The van der Waals surface area contributed by atoms with Crippen LogP contribution in [-0.4, -0.2) is 25.7 Å². The summed E-state index contributed by atoms with van der Waals surface area (Å²) in [6.07, 6.45) is 7.82. The van der Waals surface area contributed by atoms with E-state index in [4.69, 9.17) is 0 Å². The summed E-state index contributed by atoms with van der Waals surface area (Å²) in [5, 5.41) is 3.71. The second-order valence-electron chi connectivity index (χ2n) is 6.35. The van der Waals surface area contributed by atoms with Crippen LogP contribution in [0, 0.1) is 11.7 Å². The summed E-state index contributed by atoms with van der Waals surface area (Å²) in [6, 6.07) is 5.76. The van der Waals surface area contributed by atoms with Crippen molar-refractivity contribution in [2.45, 2.75) is 44.6 Å². The molecule has 4 heteroatoms. The molecular weight excluding hydrogens is 331 g/mol. The SMILES string of the molecule is Fc1ccc(Br)cc1N1CCCNC(C2CCCCC2)C1. The fourth-order valence-electron chi connectivity index (χ4n) is 3.75. The first-order valence-electron chi connectivity index (χ1n) is 8.17. The molecular formula is C17H24BrFN2. The van der Waals surface area contributed by atoms with Crippen LogP contribution in [-0.2, 0) is 0 Å². The molecule has 1 aromatic carbocycles. The van der Waals surface area contributed by atoms with Crippen molar-refractivity contribution < 1.29 is 4.39 Å². The van der Waals surface area contributed by atoms with Gasteiger partial charge in [-0.05, 0) is 49.9 Å². The Morgan fingerprint density at radius 2 is 1.95 bits per heavy atom. The highest BCUT2D eigenvalue weighted by molar-refractivity contribution is 9.10. The van der Waals surface area contributed by atoms with Crippen LogP contribution in [0.2, 0.25) is 0 Å². The Morgan fingerprint density at radius 3 is 2.76 bits per heavy atom.